The topological polar surface area (TPSA) is 57.9 Å². The van der Waals surface area contributed by atoms with Gasteiger partial charge in [0.05, 0.1) is 12.5 Å². The van der Waals surface area contributed by atoms with Crippen LogP contribution in [0.15, 0.2) is 24.3 Å². The Hall–Kier alpha value is -1.41. The number of nitriles is 1. The fourth-order valence-electron chi connectivity index (χ4n) is 1.04. The highest BCUT2D eigenvalue weighted by molar-refractivity contribution is 7.85. The minimum Gasteiger partial charge on any atom is -0.198 e. The van der Waals surface area contributed by atoms with Crippen LogP contribution in [0.2, 0.25) is 0 Å². The normalized spacial score (nSPS) is 10.9. The summed E-state index contributed by atoms with van der Waals surface area (Å²) in [5.74, 6) is -0.611. The van der Waals surface area contributed by atoms with E-state index in [-0.39, 0.29) is 6.42 Å². The Morgan fingerprint density at radius 1 is 1.21 bits per heavy atom. The van der Waals surface area contributed by atoms with Crippen molar-refractivity contribution in [3.8, 4) is 6.07 Å². The van der Waals surface area contributed by atoms with Gasteiger partial charge in [-0.1, -0.05) is 24.3 Å². The number of hydrogen-bond acceptors (Lipinski definition) is 3. The summed E-state index contributed by atoms with van der Waals surface area (Å²) in [4.78, 5) is 0. The zero-order valence-corrected chi connectivity index (χ0v) is 8.09. The minimum absolute atomic E-state index is 0.267. The molecule has 1 rings (SSSR count). The highest BCUT2D eigenvalue weighted by Crippen LogP contribution is 2.09. The third kappa shape index (κ3) is 3.54. The first-order valence-electron chi connectivity index (χ1n) is 3.88. The van der Waals surface area contributed by atoms with Crippen molar-refractivity contribution in [2.24, 2.45) is 0 Å². The molecule has 0 unspecified atom stereocenters. The molecule has 0 fully saturated rings. The van der Waals surface area contributed by atoms with Crippen LogP contribution in [0, 0.1) is 11.3 Å². The molecular formula is C9H8FNO2S. The molecule has 1 aromatic carbocycles. The van der Waals surface area contributed by atoms with Gasteiger partial charge >= 0.3 is 10.2 Å². The Morgan fingerprint density at radius 3 is 2.14 bits per heavy atom. The van der Waals surface area contributed by atoms with E-state index in [1.165, 1.54) is 12.1 Å². The lowest BCUT2D eigenvalue weighted by Crippen LogP contribution is -1.96. The lowest BCUT2D eigenvalue weighted by molar-refractivity contribution is 0.551. The summed E-state index contributed by atoms with van der Waals surface area (Å²) >= 11 is 0. The van der Waals surface area contributed by atoms with Crippen LogP contribution in [0.5, 0.6) is 0 Å². The molecule has 0 atom stereocenters. The molecule has 14 heavy (non-hydrogen) atoms. The van der Waals surface area contributed by atoms with Crippen LogP contribution in [0.1, 0.15) is 11.1 Å². The second-order valence-electron chi connectivity index (χ2n) is 2.83. The molecule has 5 heteroatoms. The van der Waals surface area contributed by atoms with Crippen molar-refractivity contribution in [1.29, 1.82) is 5.26 Å². The molecule has 0 spiro atoms. The average molecular weight is 213 g/mol. The summed E-state index contributed by atoms with van der Waals surface area (Å²) < 4.78 is 32.8. The van der Waals surface area contributed by atoms with Crippen molar-refractivity contribution in [2.75, 3.05) is 0 Å². The van der Waals surface area contributed by atoms with Gasteiger partial charge in [-0.2, -0.15) is 13.7 Å². The molecule has 0 aliphatic rings. The van der Waals surface area contributed by atoms with Crippen LogP contribution >= 0.6 is 0 Å². The maximum atomic E-state index is 12.2. The van der Waals surface area contributed by atoms with Gasteiger partial charge in [0.15, 0.2) is 0 Å². The van der Waals surface area contributed by atoms with Crippen LogP contribution < -0.4 is 0 Å². The highest BCUT2D eigenvalue weighted by Gasteiger charge is 2.08. The molecule has 0 saturated carbocycles. The smallest absolute Gasteiger partial charge is 0.198 e. The molecule has 0 saturated heterocycles. The molecule has 0 bridgehead atoms. The molecule has 0 radical (unpaired) electrons. The highest BCUT2D eigenvalue weighted by atomic mass is 32.3. The third-order valence-corrected chi connectivity index (χ3v) is 2.32. The van der Waals surface area contributed by atoms with Gasteiger partial charge in [-0.05, 0) is 11.1 Å². The molecule has 3 nitrogen and oxygen atoms in total. The van der Waals surface area contributed by atoms with Crippen LogP contribution in [-0.4, -0.2) is 8.42 Å². The van der Waals surface area contributed by atoms with E-state index in [1.807, 2.05) is 6.07 Å². The molecule has 0 aromatic heterocycles. The number of hydrogen-bond donors (Lipinski definition) is 0. The van der Waals surface area contributed by atoms with E-state index in [2.05, 4.69) is 0 Å². The summed E-state index contributed by atoms with van der Waals surface area (Å²) in [7, 11) is -4.47. The molecule has 0 heterocycles. The maximum Gasteiger partial charge on any atom is 0.306 e. The van der Waals surface area contributed by atoms with E-state index in [0.29, 0.717) is 5.56 Å². The molecule has 0 N–H and O–H groups in total. The summed E-state index contributed by atoms with van der Waals surface area (Å²) in [6.07, 6.45) is 0.267. The molecule has 0 aliphatic heterocycles. The van der Waals surface area contributed by atoms with Crippen LogP contribution in [0.3, 0.4) is 0 Å². The number of nitrogens with zero attached hydrogens (tertiary/aromatic N) is 1. The molecular weight excluding hydrogens is 205 g/mol. The first-order valence-corrected chi connectivity index (χ1v) is 5.43. The fraction of sp³-hybridized carbons (Fsp3) is 0.222. The monoisotopic (exact) mass is 213 g/mol. The zero-order chi connectivity index (χ0) is 10.6. The predicted molar refractivity (Wildman–Crippen MR) is 49.5 cm³/mol. The van der Waals surface area contributed by atoms with E-state index in [1.54, 1.807) is 12.1 Å². The fourth-order valence-corrected chi connectivity index (χ4v) is 1.63. The Bertz CT molecular complexity index is 445. The average Bonchev–Trinajstić information content (AvgIpc) is 2.06. The first kappa shape index (κ1) is 10.7. The summed E-state index contributed by atoms with van der Waals surface area (Å²) in [6, 6.07) is 8.20. The predicted octanol–water partition coefficient (Wildman–Crippen LogP) is 1.55. The molecule has 0 aliphatic carbocycles. The van der Waals surface area contributed by atoms with E-state index < -0.39 is 16.0 Å². The van der Waals surface area contributed by atoms with E-state index >= 15 is 0 Å². The molecule has 0 amide bonds. The van der Waals surface area contributed by atoms with Gasteiger partial charge in [0.1, 0.15) is 5.75 Å². The summed E-state index contributed by atoms with van der Waals surface area (Å²) in [5.41, 5.74) is 1.17. The van der Waals surface area contributed by atoms with Gasteiger partial charge in [0.2, 0.25) is 0 Å². The number of halogens is 1. The number of benzene rings is 1. The van der Waals surface area contributed by atoms with Crippen molar-refractivity contribution in [2.45, 2.75) is 12.2 Å². The van der Waals surface area contributed by atoms with Gasteiger partial charge in [0.25, 0.3) is 0 Å². The second kappa shape index (κ2) is 4.20. The summed E-state index contributed by atoms with van der Waals surface area (Å²) in [6.45, 7) is 0. The largest absolute Gasteiger partial charge is 0.306 e. The van der Waals surface area contributed by atoms with Crippen molar-refractivity contribution in [3.63, 3.8) is 0 Å². The Morgan fingerprint density at radius 2 is 1.71 bits per heavy atom. The summed E-state index contributed by atoms with van der Waals surface area (Å²) in [5, 5.41) is 8.37. The lowest BCUT2D eigenvalue weighted by Gasteiger charge is -1.98. The van der Waals surface area contributed by atoms with Gasteiger partial charge < -0.3 is 0 Å². The third-order valence-electron chi connectivity index (χ3n) is 1.65. The Kier molecular flexibility index (Phi) is 3.20. The van der Waals surface area contributed by atoms with Crippen LogP contribution in [0.4, 0.5) is 3.89 Å². The van der Waals surface area contributed by atoms with Crippen LogP contribution in [0.25, 0.3) is 0 Å². The standard InChI is InChI=1S/C9H8FNO2S/c10-14(12,13)7-9-3-1-8(2-4-9)5-6-11/h1-4H,5,7H2. The van der Waals surface area contributed by atoms with Crippen molar-refractivity contribution in [3.05, 3.63) is 35.4 Å². The SMILES string of the molecule is N#CCc1ccc(CS(=O)(=O)F)cc1. The quantitative estimate of drug-likeness (QED) is 0.716. The van der Waals surface area contributed by atoms with Gasteiger partial charge in [-0.15, -0.1) is 3.89 Å². The second-order valence-corrected chi connectivity index (χ2v) is 4.20. The van der Waals surface area contributed by atoms with Gasteiger partial charge in [0, 0.05) is 0 Å². The zero-order valence-electron chi connectivity index (χ0n) is 7.27. The van der Waals surface area contributed by atoms with Crippen molar-refractivity contribution < 1.29 is 12.3 Å². The minimum atomic E-state index is -4.47. The first-order chi connectivity index (χ1) is 6.51. The molecule has 74 valence electrons. The van der Waals surface area contributed by atoms with Gasteiger partial charge in [-0.25, -0.2) is 0 Å². The molecule has 1 aromatic rings. The lowest BCUT2D eigenvalue weighted by atomic mass is 10.1. The number of rotatable bonds is 3. The Labute approximate surface area is 82.0 Å². The van der Waals surface area contributed by atoms with Crippen LogP contribution in [-0.2, 0) is 22.4 Å². The Balaban J connectivity index is 2.80. The van der Waals surface area contributed by atoms with Crippen molar-refractivity contribution in [1.82, 2.24) is 0 Å². The van der Waals surface area contributed by atoms with Gasteiger partial charge in [-0.3, -0.25) is 0 Å². The van der Waals surface area contributed by atoms with E-state index in [4.69, 9.17) is 5.26 Å². The van der Waals surface area contributed by atoms with E-state index in [9.17, 15) is 12.3 Å². The maximum absolute atomic E-state index is 12.2. The van der Waals surface area contributed by atoms with E-state index in [0.717, 1.165) is 5.56 Å². The van der Waals surface area contributed by atoms with Crippen molar-refractivity contribution >= 4 is 10.2 Å².